The number of anilines is 1. The zero-order valence-electron chi connectivity index (χ0n) is 18.7. The van der Waals surface area contributed by atoms with E-state index in [-0.39, 0.29) is 0 Å². The third-order valence-corrected chi connectivity index (χ3v) is 7.85. The summed E-state index contributed by atoms with van der Waals surface area (Å²) >= 11 is 6.30. The van der Waals surface area contributed by atoms with Crippen molar-refractivity contribution < 1.29 is 0 Å². The Morgan fingerprint density at radius 1 is 1.03 bits per heavy atom. The van der Waals surface area contributed by atoms with Gasteiger partial charge in [0.25, 0.3) is 0 Å². The summed E-state index contributed by atoms with van der Waals surface area (Å²) in [5.74, 6) is 0.940. The lowest BCUT2D eigenvalue weighted by Crippen LogP contribution is -2.52. The lowest BCUT2D eigenvalue weighted by atomic mass is 9.91. The molecule has 3 aliphatic rings. The zero-order chi connectivity index (χ0) is 21.2. The highest BCUT2D eigenvalue weighted by atomic mass is 35.5. The predicted molar refractivity (Wildman–Crippen MR) is 127 cm³/mol. The van der Waals surface area contributed by atoms with E-state index >= 15 is 0 Å². The smallest absolute Gasteiger partial charge is 0.225 e. The fourth-order valence-electron chi connectivity index (χ4n) is 5.01. The van der Waals surface area contributed by atoms with Crippen molar-refractivity contribution in [2.75, 3.05) is 50.7 Å². The molecule has 1 aliphatic carbocycles. The average Bonchev–Trinajstić information content (AvgIpc) is 2.96. The number of aromatic nitrogens is 2. The Morgan fingerprint density at radius 3 is 2.58 bits per heavy atom. The van der Waals surface area contributed by atoms with Gasteiger partial charge in [0.15, 0.2) is 0 Å². The van der Waals surface area contributed by atoms with E-state index in [9.17, 15) is 0 Å². The van der Waals surface area contributed by atoms with Crippen molar-refractivity contribution in [3.8, 4) is 0 Å². The molecule has 1 aromatic heterocycles. The van der Waals surface area contributed by atoms with Crippen LogP contribution in [0, 0.1) is 6.92 Å². The van der Waals surface area contributed by atoms with E-state index in [2.05, 4.69) is 46.0 Å². The fourth-order valence-corrected chi connectivity index (χ4v) is 5.21. The minimum Gasteiger partial charge on any atom is -0.338 e. The Bertz CT molecular complexity index is 905. The average molecular weight is 440 g/mol. The molecule has 1 saturated carbocycles. The van der Waals surface area contributed by atoms with Crippen molar-refractivity contribution in [1.29, 1.82) is 0 Å². The van der Waals surface area contributed by atoms with Gasteiger partial charge < -0.3 is 9.80 Å². The molecule has 0 atom stereocenters. The van der Waals surface area contributed by atoms with Crippen molar-refractivity contribution in [3.05, 3.63) is 51.8 Å². The van der Waals surface area contributed by atoms with Crippen LogP contribution in [0.15, 0.2) is 24.4 Å². The van der Waals surface area contributed by atoms with Gasteiger partial charge in [0.05, 0.1) is 5.69 Å². The summed E-state index contributed by atoms with van der Waals surface area (Å²) in [4.78, 5) is 17.4. The summed E-state index contributed by atoms with van der Waals surface area (Å²) in [6, 6.07) is 7.29. The van der Waals surface area contributed by atoms with Crippen LogP contribution in [0.25, 0.3) is 0 Å². The maximum atomic E-state index is 6.30. The number of fused-ring (bicyclic) bond motifs is 1. The molecular weight excluding hydrogens is 406 g/mol. The molecule has 0 spiro atoms. The van der Waals surface area contributed by atoms with E-state index in [4.69, 9.17) is 21.6 Å². The van der Waals surface area contributed by atoms with Gasteiger partial charge in [-0.3, -0.25) is 4.90 Å². The van der Waals surface area contributed by atoms with Crippen LogP contribution in [0.1, 0.15) is 41.6 Å². The molecule has 0 N–H and O–H groups in total. The molecule has 2 fully saturated rings. The Labute approximate surface area is 191 Å². The van der Waals surface area contributed by atoms with Crippen LogP contribution in [0.2, 0.25) is 5.02 Å². The third-order valence-electron chi connectivity index (χ3n) is 7.44. The number of rotatable bonds is 5. The first-order chi connectivity index (χ1) is 15.2. The van der Waals surface area contributed by atoms with Gasteiger partial charge in [0, 0.05) is 69.5 Å². The van der Waals surface area contributed by atoms with Gasteiger partial charge in [0.1, 0.15) is 0 Å². The Balaban J connectivity index is 1.16. The number of piperazine rings is 1. The number of hydrogen-bond acceptors (Lipinski definition) is 5. The van der Waals surface area contributed by atoms with Crippen LogP contribution in [0.4, 0.5) is 5.95 Å². The van der Waals surface area contributed by atoms with Gasteiger partial charge >= 0.3 is 0 Å². The highest BCUT2D eigenvalue weighted by molar-refractivity contribution is 6.31. The first-order valence-corrected chi connectivity index (χ1v) is 12.3. The number of nitrogens with zero attached hydrogens (tertiary/aromatic N) is 5. The van der Waals surface area contributed by atoms with E-state index in [1.54, 1.807) is 0 Å². The molecule has 0 unspecified atom stereocenters. The van der Waals surface area contributed by atoms with Gasteiger partial charge in [-0.1, -0.05) is 30.2 Å². The molecule has 166 valence electrons. The maximum absolute atomic E-state index is 6.30. The summed E-state index contributed by atoms with van der Waals surface area (Å²) in [6.45, 7) is 9.69. The third kappa shape index (κ3) is 4.89. The van der Waals surface area contributed by atoms with Crippen molar-refractivity contribution in [2.24, 2.45) is 0 Å². The maximum Gasteiger partial charge on any atom is 0.225 e. The summed E-state index contributed by atoms with van der Waals surface area (Å²) in [5, 5.41) is 0.872. The van der Waals surface area contributed by atoms with Crippen LogP contribution < -0.4 is 4.90 Å². The van der Waals surface area contributed by atoms with Gasteiger partial charge in [0.2, 0.25) is 5.95 Å². The first kappa shape index (κ1) is 21.2. The molecule has 5 nitrogen and oxygen atoms in total. The molecule has 31 heavy (non-hydrogen) atoms. The second-order valence-electron chi connectivity index (χ2n) is 9.42. The number of benzene rings is 1. The Kier molecular flexibility index (Phi) is 6.44. The van der Waals surface area contributed by atoms with Crippen molar-refractivity contribution in [1.82, 2.24) is 19.8 Å². The molecule has 2 aromatic rings. The van der Waals surface area contributed by atoms with Gasteiger partial charge in [-0.2, -0.15) is 0 Å². The van der Waals surface area contributed by atoms with E-state index in [1.165, 1.54) is 36.1 Å². The molecule has 6 heteroatoms. The minimum atomic E-state index is 0.844. The van der Waals surface area contributed by atoms with E-state index in [0.717, 1.165) is 87.7 Å². The zero-order valence-corrected chi connectivity index (χ0v) is 19.4. The van der Waals surface area contributed by atoms with E-state index < -0.39 is 0 Å². The largest absolute Gasteiger partial charge is 0.338 e. The molecule has 0 amide bonds. The standard InChI is InChI=1S/C25H34ClN5/c1-19-5-6-20(17-23(19)26)7-10-29-11-8-21-18-27-25(28-24(21)9-12-29)31-15-13-30(14-16-31)22-3-2-4-22/h5-6,17-18,22H,2-4,7-16H2,1H3. The highest BCUT2D eigenvalue weighted by Crippen LogP contribution is 2.26. The van der Waals surface area contributed by atoms with Crippen LogP contribution >= 0.6 is 11.6 Å². The molecule has 5 rings (SSSR count). The molecule has 0 bridgehead atoms. The Hall–Kier alpha value is -1.69. The number of halogens is 1. The summed E-state index contributed by atoms with van der Waals surface area (Å²) in [7, 11) is 0. The van der Waals surface area contributed by atoms with Gasteiger partial charge in [-0.15, -0.1) is 0 Å². The summed E-state index contributed by atoms with van der Waals surface area (Å²) in [5.41, 5.74) is 5.06. The van der Waals surface area contributed by atoms with Crippen LogP contribution in [-0.2, 0) is 19.3 Å². The lowest BCUT2D eigenvalue weighted by molar-refractivity contribution is 0.120. The van der Waals surface area contributed by atoms with Crippen molar-refractivity contribution >= 4 is 17.5 Å². The predicted octanol–water partition coefficient (Wildman–Crippen LogP) is 3.76. The molecule has 1 aromatic carbocycles. The van der Waals surface area contributed by atoms with Crippen molar-refractivity contribution in [2.45, 2.75) is 51.5 Å². The number of aryl methyl sites for hydroxylation is 1. The van der Waals surface area contributed by atoms with Crippen LogP contribution in [-0.4, -0.2) is 71.6 Å². The van der Waals surface area contributed by atoms with Crippen LogP contribution in [0.3, 0.4) is 0 Å². The second kappa shape index (κ2) is 9.43. The summed E-state index contributed by atoms with van der Waals surface area (Å²) < 4.78 is 0. The first-order valence-electron chi connectivity index (χ1n) is 12.0. The van der Waals surface area contributed by atoms with Gasteiger partial charge in [-0.05, 0) is 55.4 Å². The van der Waals surface area contributed by atoms with Gasteiger partial charge in [-0.25, -0.2) is 9.97 Å². The van der Waals surface area contributed by atoms with E-state index in [0.29, 0.717) is 0 Å². The molecule has 2 aliphatic heterocycles. The van der Waals surface area contributed by atoms with Crippen molar-refractivity contribution in [3.63, 3.8) is 0 Å². The normalized spacial score (nSPS) is 20.9. The highest BCUT2D eigenvalue weighted by Gasteiger charge is 2.29. The van der Waals surface area contributed by atoms with Crippen LogP contribution in [0.5, 0.6) is 0 Å². The second-order valence-corrected chi connectivity index (χ2v) is 9.83. The number of hydrogen-bond donors (Lipinski definition) is 0. The SMILES string of the molecule is Cc1ccc(CCN2CCc3cnc(N4CCN(C5CCC5)CC4)nc3CC2)cc1Cl. The molecule has 0 radical (unpaired) electrons. The minimum absolute atomic E-state index is 0.844. The summed E-state index contributed by atoms with van der Waals surface area (Å²) in [6.07, 6.45) is 9.39. The molecule has 1 saturated heterocycles. The monoisotopic (exact) mass is 439 g/mol. The fraction of sp³-hybridized carbons (Fsp3) is 0.600. The molecule has 3 heterocycles. The molecular formula is C25H34ClN5. The quantitative estimate of drug-likeness (QED) is 0.708. The topological polar surface area (TPSA) is 35.5 Å². The van der Waals surface area contributed by atoms with E-state index in [1.807, 2.05) is 0 Å². The lowest BCUT2D eigenvalue weighted by Gasteiger charge is -2.43. The Morgan fingerprint density at radius 2 is 1.84 bits per heavy atom.